The standard InChI is InChI=1S/C21H23N3O2S/c1-14-4-9-18-19(15(14)2)22-21(27-18)24-12-10-23(11-13-24)20(25)16-5-7-17(26-3)8-6-16/h4-9H,10-13H2,1-3H3. The van der Waals surface area contributed by atoms with Crippen molar-refractivity contribution >= 4 is 32.6 Å². The highest BCUT2D eigenvalue weighted by atomic mass is 32.1. The number of piperazine rings is 1. The number of hydrogen-bond acceptors (Lipinski definition) is 5. The molecule has 2 aromatic carbocycles. The van der Waals surface area contributed by atoms with E-state index in [2.05, 4.69) is 30.9 Å². The molecule has 1 amide bonds. The van der Waals surface area contributed by atoms with Gasteiger partial charge in [0, 0.05) is 31.7 Å². The Labute approximate surface area is 163 Å². The summed E-state index contributed by atoms with van der Waals surface area (Å²) in [5.74, 6) is 0.839. The number of rotatable bonds is 3. The van der Waals surface area contributed by atoms with E-state index in [9.17, 15) is 4.79 Å². The van der Waals surface area contributed by atoms with Crippen molar-refractivity contribution in [2.45, 2.75) is 13.8 Å². The van der Waals surface area contributed by atoms with Gasteiger partial charge in [-0.25, -0.2) is 4.98 Å². The third-order valence-electron chi connectivity index (χ3n) is 5.25. The molecule has 0 spiro atoms. The fourth-order valence-corrected chi connectivity index (χ4v) is 4.44. The van der Waals surface area contributed by atoms with Crippen LogP contribution in [0.2, 0.25) is 0 Å². The molecule has 0 saturated carbocycles. The summed E-state index contributed by atoms with van der Waals surface area (Å²) in [4.78, 5) is 21.8. The summed E-state index contributed by atoms with van der Waals surface area (Å²) in [5.41, 5.74) is 4.33. The molecule has 0 bridgehead atoms. The summed E-state index contributed by atoms with van der Waals surface area (Å²) in [6.07, 6.45) is 0. The second kappa shape index (κ2) is 7.19. The van der Waals surface area contributed by atoms with Gasteiger partial charge in [0.2, 0.25) is 0 Å². The maximum Gasteiger partial charge on any atom is 0.253 e. The van der Waals surface area contributed by atoms with Crippen molar-refractivity contribution in [3.8, 4) is 5.75 Å². The van der Waals surface area contributed by atoms with Crippen molar-refractivity contribution in [2.24, 2.45) is 0 Å². The number of nitrogens with zero attached hydrogens (tertiary/aromatic N) is 3. The monoisotopic (exact) mass is 381 g/mol. The SMILES string of the molecule is COc1ccc(C(=O)N2CCN(c3nc4c(C)c(C)ccc4s3)CC2)cc1. The van der Waals surface area contributed by atoms with E-state index in [0.29, 0.717) is 18.7 Å². The average molecular weight is 382 g/mol. The largest absolute Gasteiger partial charge is 0.497 e. The normalized spacial score (nSPS) is 14.6. The number of benzene rings is 2. The van der Waals surface area contributed by atoms with Crippen LogP contribution in [0.5, 0.6) is 5.75 Å². The molecule has 6 heteroatoms. The molecule has 5 nitrogen and oxygen atoms in total. The Hall–Kier alpha value is -2.60. The Balaban J connectivity index is 1.45. The fourth-order valence-electron chi connectivity index (χ4n) is 3.37. The van der Waals surface area contributed by atoms with Crippen molar-refractivity contribution in [3.05, 3.63) is 53.1 Å². The van der Waals surface area contributed by atoms with Gasteiger partial charge in [-0.15, -0.1) is 0 Å². The number of hydrogen-bond donors (Lipinski definition) is 0. The van der Waals surface area contributed by atoms with Gasteiger partial charge in [0.15, 0.2) is 5.13 Å². The molecule has 1 fully saturated rings. The van der Waals surface area contributed by atoms with E-state index >= 15 is 0 Å². The summed E-state index contributed by atoms with van der Waals surface area (Å²) in [6.45, 7) is 7.28. The molecule has 0 unspecified atom stereocenters. The van der Waals surface area contributed by atoms with E-state index in [1.807, 2.05) is 29.2 Å². The Morgan fingerprint density at radius 2 is 1.74 bits per heavy atom. The number of aryl methyl sites for hydroxylation is 2. The Bertz CT molecular complexity index is 973. The quantitative estimate of drug-likeness (QED) is 0.691. The van der Waals surface area contributed by atoms with Crippen LogP contribution in [-0.2, 0) is 0 Å². The lowest BCUT2D eigenvalue weighted by Crippen LogP contribution is -2.48. The van der Waals surface area contributed by atoms with Crippen LogP contribution in [0.4, 0.5) is 5.13 Å². The van der Waals surface area contributed by atoms with Crippen molar-refractivity contribution in [2.75, 3.05) is 38.2 Å². The molecule has 0 radical (unpaired) electrons. The molecule has 4 rings (SSSR count). The van der Waals surface area contributed by atoms with Crippen LogP contribution in [0.15, 0.2) is 36.4 Å². The zero-order chi connectivity index (χ0) is 19.0. The minimum absolute atomic E-state index is 0.0769. The fraction of sp³-hybridized carbons (Fsp3) is 0.333. The molecule has 0 N–H and O–H groups in total. The van der Waals surface area contributed by atoms with E-state index in [1.54, 1.807) is 18.4 Å². The Kier molecular flexibility index (Phi) is 4.74. The molecule has 27 heavy (non-hydrogen) atoms. The van der Waals surface area contributed by atoms with Crippen molar-refractivity contribution < 1.29 is 9.53 Å². The van der Waals surface area contributed by atoms with Crippen LogP contribution in [0.25, 0.3) is 10.2 Å². The van der Waals surface area contributed by atoms with Crippen LogP contribution < -0.4 is 9.64 Å². The minimum atomic E-state index is 0.0769. The van der Waals surface area contributed by atoms with Gasteiger partial charge in [0.1, 0.15) is 5.75 Å². The van der Waals surface area contributed by atoms with Crippen LogP contribution in [-0.4, -0.2) is 49.1 Å². The lowest BCUT2D eigenvalue weighted by atomic mass is 10.1. The lowest BCUT2D eigenvalue weighted by molar-refractivity contribution is 0.0746. The summed E-state index contributed by atoms with van der Waals surface area (Å²) in [6, 6.07) is 11.6. The van der Waals surface area contributed by atoms with Gasteiger partial charge in [0.25, 0.3) is 5.91 Å². The third kappa shape index (κ3) is 3.37. The third-order valence-corrected chi connectivity index (χ3v) is 6.33. The Morgan fingerprint density at radius 1 is 1.04 bits per heavy atom. The molecule has 0 aliphatic carbocycles. The number of anilines is 1. The molecule has 1 aromatic heterocycles. The predicted molar refractivity (Wildman–Crippen MR) is 110 cm³/mol. The summed E-state index contributed by atoms with van der Waals surface area (Å²) >= 11 is 1.73. The summed E-state index contributed by atoms with van der Waals surface area (Å²) in [7, 11) is 1.63. The van der Waals surface area contributed by atoms with Crippen LogP contribution in [0, 0.1) is 13.8 Å². The van der Waals surface area contributed by atoms with Crippen LogP contribution in [0.3, 0.4) is 0 Å². The topological polar surface area (TPSA) is 45.7 Å². The highest BCUT2D eigenvalue weighted by molar-refractivity contribution is 7.22. The second-order valence-corrected chi connectivity index (χ2v) is 7.87. The number of carbonyl (C=O) groups is 1. The maximum atomic E-state index is 12.7. The van der Waals surface area contributed by atoms with Gasteiger partial charge >= 0.3 is 0 Å². The van der Waals surface area contributed by atoms with Crippen LogP contribution >= 0.6 is 11.3 Å². The predicted octanol–water partition coefficient (Wildman–Crippen LogP) is 3.88. The molecular formula is C21H23N3O2S. The number of thiazole rings is 1. The molecule has 1 aliphatic heterocycles. The van der Waals surface area contributed by atoms with Gasteiger partial charge < -0.3 is 14.5 Å². The molecule has 1 saturated heterocycles. The first-order chi connectivity index (χ1) is 13.1. The number of methoxy groups -OCH3 is 1. The molecular weight excluding hydrogens is 358 g/mol. The smallest absolute Gasteiger partial charge is 0.253 e. The zero-order valence-electron chi connectivity index (χ0n) is 15.9. The molecule has 2 heterocycles. The van der Waals surface area contributed by atoms with Crippen LogP contribution in [0.1, 0.15) is 21.5 Å². The van der Waals surface area contributed by atoms with Gasteiger partial charge in [-0.2, -0.15) is 0 Å². The highest BCUT2D eigenvalue weighted by Gasteiger charge is 2.24. The molecule has 3 aromatic rings. The van der Waals surface area contributed by atoms with Gasteiger partial charge in [-0.3, -0.25) is 4.79 Å². The molecule has 0 atom stereocenters. The van der Waals surface area contributed by atoms with Gasteiger partial charge in [-0.1, -0.05) is 17.4 Å². The first-order valence-corrected chi connectivity index (χ1v) is 9.93. The van der Waals surface area contributed by atoms with E-state index in [1.165, 1.54) is 15.8 Å². The number of fused-ring (bicyclic) bond motifs is 1. The lowest BCUT2D eigenvalue weighted by Gasteiger charge is -2.34. The first kappa shape index (κ1) is 17.8. The van der Waals surface area contributed by atoms with Crippen molar-refractivity contribution in [1.29, 1.82) is 0 Å². The number of amides is 1. The highest BCUT2D eigenvalue weighted by Crippen LogP contribution is 2.32. The Morgan fingerprint density at radius 3 is 2.41 bits per heavy atom. The maximum absolute atomic E-state index is 12.7. The van der Waals surface area contributed by atoms with Crippen molar-refractivity contribution in [3.63, 3.8) is 0 Å². The summed E-state index contributed by atoms with van der Waals surface area (Å²) in [5, 5.41) is 1.05. The van der Waals surface area contributed by atoms with E-state index < -0.39 is 0 Å². The number of ether oxygens (including phenoxy) is 1. The first-order valence-electron chi connectivity index (χ1n) is 9.12. The van der Waals surface area contributed by atoms with Gasteiger partial charge in [0.05, 0.1) is 17.3 Å². The van der Waals surface area contributed by atoms with Gasteiger partial charge in [-0.05, 0) is 55.3 Å². The second-order valence-electron chi connectivity index (χ2n) is 6.86. The molecule has 1 aliphatic rings. The minimum Gasteiger partial charge on any atom is -0.497 e. The molecule has 140 valence electrons. The number of aromatic nitrogens is 1. The van der Waals surface area contributed by atoms with Crippen molar-refractivity contribution in [1.82, 2.24) is 9.88 Å². The average Bonchev–Trinajstić information content (AvgIpc) is 3.15. The number of carbonyl (C=O) groups excluding carboxylic acids is 1. The van der Waals surface area contributed by atoms with E-state index in [0.717, 1.165) is 29.5 Å². The zero-order valence-corrected chi connectivity index (χ0v) is 16.7. The van der Waals surface area contributed by atoms with E-state index in [-0.39, 0.29) is 5.91 Å². The summed E-state index contributed by atoms with van der Waals surface area (Å²) < 4.78 is 6.39. The van der Waals surface area contributed by atoms with E-state index in [4.69, 9.17) is 9.72 Å².